The van der Waals surface area contributed by atoms with E-state index < -0.39 is 0 Å². The first-order chi connectivity index (χ1) is 12.1. The van der Waals surface area contributed by atoms with Crippen molar-refractivity contribution in [2.24, 2.45) is 15.9 Å². The van der Waals surface area contributed by atoms with Gasteiger partial charge in [0.25, 0.3) is 0 Å². The molecule has 7 heteroatoms. The number of amidine groups is 1. The summed E-state index contributed by atoms with van der Waals surface area (Å²) in [6.45, 7) is 3.74. The third kappa shape index (κ3) is 3.77. The minimum Gasteiger partial charge on any atom is -0.390 e. The van der Waals surface area contributed by atoms with E-state index in [9.17, 15) is 0 Å². The zero-order valence-electron chi connectivity index (χ0n) is 15.2. The van der Waals surface area contributed by atoms with Crippen LogP contribution < -0.4 is 10.6 Å². The summed E-state index contributed by atoms with van der Waals surface area (Å²) >= 11 is 0. The lowest BCUT2D eigenvalue weighted by Crippen LogP contribution is -2.27. The summed E-state index contributed by atoms with van der Waals surface area (Å²) in [5.41, 5.74) is 9.98. The second-order valence-electron chi connectivity index (χ2n) is 6.48. The molecule has 1 aromatic rings. The first kappa shape index (κ1) is 17.7. The van der Waals surface area contributed by atoms with Crippen LogP contribution in [0.3, 0.4) is 0 Å². The van der Waals surface area contributed by atoms with Crippen LogP contribution in [0.4, 0.5) is 5.69 Å². The first-order valence-corrected chi connectivity index (χ1v) is 8.67. The zero-order chi connectivity index (χ0) is 17.8. The number of hydrogen-bond acceptors (Lipinski definition) is 7. The number of hydrogen-bond donors (Lipinski definition) is 1. The standard InChI is InChI=1S/C18H27N5O2/c1-22(8-9-24-3)17-10-13(18-20-6-7-23(18)2)4-5-15(17)16-11-14(12-19)25-21-16/h4-5,10,14H,6-9,11-12,19H2,1-3H3. The molecule has 0 bridgehead atoms. The van der Waals surface area contributed by atoms with Crippen LogP contribution in [-0.2, 0) is 9.57 Å². The molecule has 3 rings (SSSR count). The predicted octanol–water partition coefficient (Wildman–Crippen LogP) is 0.913. The Morgan fingerprint density at radius 3 is 2.92 bits per heavy atom. The van der Waals surface area contributed by atoms with Gasteiger partial charge >= 0.3 is 0 Å². The molecule has 1 unspecified atom stereocenters. The number of methoxy groups -OCH3 is 1. The number of nitrogens with zero attached hydrogens (tertiary/aromatic N) is 4. The Bertz CT molecular complexity index is 673. The second kappa shape index (κ2) is 7.84. The molecule has 25 heavy (non-hydrogen) atoms. The van der Waals surface area contributed by atoms with Crippen molar-refractivity contribution in [3.8, 4) is 0 Å². The van der Waals surface area contributed by atoms with Crippen molar-refractivity contribution in [2.75, 3.05) is 58.9 Å². The number of ether oxygens (including phenoxy) is 1. The second-order valence-corrected chi connectivity index (χ2v) is 6.48. The highest BCUT2D eigenvalue weighted by atomic mass is 16.6. The molecule has 1 atom stereocenters. The fourth-order valence-corrected chi connectivity index (χ4v) is 3.14. The Morgan fingerprint density at radius 2 is 2.28 bits per heavy atom. The molecule has 2 aliphatic heterocycles. The van der Waals surface area contributed by atoms with E-state index in [1.165, 1.54) is 0 Å². The van der Waals surface area contributed by atoms with E-state index in [0.29, 0.717) is 13.2 Å². The van der Waals surface area contributed by atoms with Crippen LogP contribution in [0.5, 0.6) is 0 Å². The van der Waals surface area contributed by atoms with Gasteiger partial charge in [-0.1, -0.05) is 17.3 Å². The minimum atomic E-state index is -0.0304. The highest BCUT2D eigenvalue weighted by Crippen LogP contribution is 2.27. The fraction of sp³-hybridized carbons (Fsp3) is 0.556. The summed E-state index contributed by atoms with van der Waals surface area (Å²) in [4.78, 5) is 14.4. The van der Waals surface area contributed by atoms with Crippen molar-refractivity contribution in [1.82, 2.24) is 4.90 Å². The number of aliphatic imine (C=N–C) groups is 1. The van der Waals surface area contributed by atoms with Gasteiger partial charge in [-0.3, -0.25) is 4.99 Å². The van der Waals surface area contributed by atoms with Crippen molar-refractivity contribution in [3.63, 3.8) is 0 Å². The predicted molar refractivity (Wildman–Crippen MR) is 101 cm³/mol. The van der Waals surface area contributed by atoms with Crippen molar-refractivity contribution >= 4 is 17.2 Å². The van der Waals surface area contributed by atoms with Crippen LogP contribution in [0.25, 0.3) is 0 Å². The van der Waals surface area contributed by atoms with Crippen LogP contribution >= 0.6 is 0 Å². The Kier molecular flexibility index (Phi) is 5.55. The number of benzene rings is 1. The quantitative estimate of drug-likeness (QED) is 0.795. The topological polar surface area (TPSA) is 75.7 Å². The molecule has 2 aliphatic rings. The Morgan fingerprint density at radius 1 is 1.44 bits per heavy atom. The maximum Gasteiger partial charge on any atom is 0.145 e. The van der Waals surface area contributed by atoms with Gasteiger partial charge in [-0.15, -0.1) is 0 Å². The first-order valence-electron chi connectivity index (χ1n) is 8.67. The molecule has 0 aliphatic carbocycles. The minimum absolute atomic E-state index is 0.0304. The highest BCUT2D eigenvalue weighted by Gasteiger charge is 2.25. The molecular weight excluding hydrogens is 318 g/mol. The van der Waals surface area contributed by atoms with Gasteiger partial charge in [0.1, 0.15) is 11.9 Å². The fourth-order valence-electron chi connectivity index (χ4n) is 3.14. The van der Waals surface area contributed by atoms with Crippen molar-refractivity contribution in [2.45, 2.75) is 12.5 Å². The normalized spacial score (nSPS) is 19.7. The molecular formula is C18H27N5O2. The van der Waals surface area contributed by atoms with E-state index in [2.05, 4.69) is 52.2 Å². The summed E-state index contributed by atoms with van der Waals surface area (Å²) in [5, 5.41) is 4.26. The average Bonchev–Trinajstić information content (AvgIpc) is 3.28. The molecule has 0 fully saturated rings. The van der Waals surface area contributed by atoms with Crippen LogP contribution in [-0.4, -0.2) is 76.5 Å². The van der Waals surface area contributed by atoms with E-state index in [0.717, 1.165) is 54.4 Å². The third-order valence-electron chi connectivity index (χ3n) is 4.66. The van der Waals surface area contributed by atoms with Gasteiger partial charge in [-0.25, -0.2) is 0 Å². The van der Waals surface area contributed by atoms with Gasteiger partial charge in [0.2, 0.25) is 0 Å². The van der Waals surface area contributed by atoms with Crippen LogP contribution in [0.1, 0.15) is 17.5 Å². The van der Waals surface area contributed by atoms with Gasteiger partial charge in [0, 0.05) is 64.1 Å². The van der Waals surface area contributed by atoms with Crippen LogP contribution in [0, 0.1) is 0 Å². The van der Waals surface area contributed by atoms with Crippen LogP contribution in [0.15, 0.2) is 28.3 Å². The van der Waals surface area contributed by atoms with E-state index in [1.54, 1.807) is 7.11 Å². The van der Waals surface area contributed by atoms with Crippen LogP contribution in [0.2, 0.25) is 0 Å². The molecule has 1 aromatic carbocycles. The van der Waals surface area contributed by atoms with Gasteiger partial charge < -0.3 is 25.1 Å². The molecule has 0 saturated heterocycles. The smallest absolute Gasteiger partial charge is 0.145 e. The lowest BCUT2D eigenvalue weighted by Gasteiger charge is -2.24. The molecule has 0 aromatic heterocycles. The average molecular weight is 345 g/mol. The number of rotatable bonds is 7. The van der Waals surface area contributed by atoms with Gasteiger partial charge in [-0.2, -0.15) is 0 Å². The molecule has 0 saturated carbocycles. The molecule has 2 N–H and O–H groups in total. The molecule has 136 valence electrons. The molecule has 7 nitrogen and oxygen atoms in total. The summed E-state index contributed by atoms with van der Waals surface area (Å²) in [6.07, 6.45) is 0.707. The van der Waals surface area contributed by atoms with E-state index in [1.807, 2.05) is 0 Å². The molecule has 0 spiro atoms. The monoisotopic (exact) mass is 345 g/mol. The van der Waals surface area contributed by atoms with Crippen molar-refractivity contribution in [3.05, 3.63) is 29.3 Å². The van der Waals surface area contributed by atoms with E-state index in [-0.39, 0.29) is 6.10 Å². The zero-order valence-corrected chi connectivity index (χ0v) is 15.2. The SMILES string of the molecule is COCCN(C)c1cc(C2=NCCN2C)ccc1C1=NOC(CN)C1. The number of nitrogens with two attached hydrogens (primary N) is 1. The van der Waals surface area contributed by atoms with Gasteiger partial charge in [-0.05, 0) is 6.07 Å². The number of likely N-dealkylation sites (N-methyl/N-ethyl adjacent to an activating group) is 2. The van der Waals surface area contributed by atoms with Crippen molar-refractivity contribution < 1.29 is 9.57 Å². The Labute approximate surface area is 149 Å². The van der Waals surface area contributed by atoms with Crippen molar-refractivity contribution in [1.29, 1.82) is 0 Å². The Hall–Kier alpha value is -2.12. The number of anilines is 1. The summed E-state index contributed by atoms with van der Waals surface area (Å²) in [5.74, 6) is 1.04. The summed E-state index contributed by atoms with van der Waals surface area (Å²) in [6, 6.07) is 6.41. The molecule has 2 heterocycles. The molecule has 0 amide bonds. The molecule has 0 radical (unpaired) electrons. The lowest BCUT2D eigenvalue weighted by molar-refractivity contribution is 0.0918. The van der Waals surface area contributed by atoms with E-state index >= 15 is 0 Å². The largest absolute Gasteiger partial charge is 0.390 e. The maximum atomic E-state index is 5.71. The van der Waals surface area contributed by atoms with Gasteiger partial charge in [0.15, 0.2) is 0 Å². The van der Waals surface area contributed by atoms with E-state index in [4.69, 9.17) is 15.3 Å². The summed E-state index contributed by atoms with van der Waals surface area (Å²) in [7, 11) is 5.86. The number of oxime groups is 1. The summed E-state index contributed by atoms with van der Waals surface area (Å²) < 4.78 is 5.24. The lowest BCUT2D eigenvalue weighted by atomic mass is 9.99. The third-order valence-corrected chi connectivity index (χ3v) is 4.66. The highest BCUT2D eigenvalue weighted by molar-refractivity contribution is 6.08. The van der Waals surface area contributed by atoms with Gasteiger partial charge in [0.05, 0.1) is 18.9 Å². The maximum absolute atomic E-state index is 5.71. The Balaban J connectivity index is 1.94.